The van der Waals surface area contributed by atoms with Gasteiger partial charge in [-0.15, -0.1) is 24.8 Å². The Morgan fingerprint density at radius 3 is 2.72 bits per heavy atom. The van der Waals surface area contributed by atoms with Crippen LogP contribution < -0.4 is 5.73 Å². The predicted octanol–water partition coefficient (Wildman–Crippen LogP) is 3.06. The summed E-state index contributed by atoms with van der Waals surface area (Å²) >= 11 is 0. The summed E-state index contributed by atoms with van der Waals surface area (Å²) in [5.41, 5.74) is 6.17. The zero-order valence-corrected chi connectivity index (χ0v) is 16.3. The van der Waals surface area contributed by atoms with Crippen molar-refractivity contribution in [1.29, 1.82) is 0 Å². The average molecular weight is 396 g/mol. The van der Waals surface area contributed by atoms with E-state index in [1.807, 2.05) is 6.20 Å². The molecule has 0 aliphatic heterocycles. The maximum Gasteiger partial charge on any atom is 0.333 e. The summed E-state index contributed by atoms with van der Waals surface area (Å²) in [5.74, 6) is -0.111. The van der Waals surface area contributed by atoms with Crippen LogP contribution in [0.5, 0.6) is 0 Å². The van der Waals surface area contributed by atoms with Crippen molar-refractivity contribution in [3.8, 4) is 0 Å². The van der Waals surface area contributed by atoms with E-state index in [0.29, 0.717) is 26.0 Å². The third-order valence-electron chi connectivity index (χ3n) is 4.54. The van der Waals surface area contributed by atoms with Gasteiger partial charge < -0.3 is 20.1 Å². The number of hydrogen-bond acceptors (Lipinski definition) is 4. The molecule has 0 bridgehead atoms. The summed E-state index contributed by atoms with van der Waals surface area (Å²) in [7, 11) is 0. The van der Waals surface area contributed by atoms with Crippen molar-refractivity contribution in [3.63, 3.8) is 0 Å². The number of carbonyl (C=O) groups is 1. The number of rotatable bonds is 10. The molecule has 1 aliphatic rings. The fourth-order valence-electron chi connectivity index (χ4n) is 3.16. The van der Waals surface area contributed by atoms with Crippen molar-refractivity contribution in [2.24, 2.45) is 11.7 Å². The van der Waals surface area contributed by atoms with Crippen LogP contribution in [-0.4, -0.2) is 39.9 Å². The van der Waals surface area contributed by atoms with E-state index in [1.165, 1.54) is 38.5 Å². The van der Waals surface area contributed by atoms with E-state index in [1.54, 1.807) is 6.33 Å². The monoisotopic (exact) mass is 395 g/mol. The standard InChI is InChI=1S/C17H29N3O3.2ClH/c18-8-4-10-23-16(17(21)22)11-15-12-20(13-19-15)9-7-14-5-2-1-3-6-14;;/h12-14,16H,1-11,18H2,(H,21,22);2*1H/t16-;;/m1../s1. The normalized spacial score (nSPS) is 15.9. The second-order valence-electron chi connectivity index (χ2n) is 6.44. The third kappa shape index (κ3) is 8.90. The van der Waals surface area contributed by atoms with E-state index in [2.05, 4.69) is 9.55 Å². The van der Waals surface area contributed by atoms with Crippen molar-refractivity contribution in [2.45, 2.75) is 64.0 Å². The van der Waals surface area contributed by atoms with Crippen LogP contribution in [0.2, 0.25) is 0 Å². The van der Waals surface area contributed by atoms with E-state index in [4.69, 9.17) is 10.5 Å². The average Bonchev–Trinajstić information content (AvgIpc) is 3.00. The summed E-state index contributed by atoms with van der Waals surface area (Å²) in [6.45, 7) is 1.83. The van der Waals surface area contributed by atoms with Gasteiger partial charge in [0.25, 0.3) is 0 Å². The number of ether oxygens (including phenoxy) is 1. The summed E-state index contributed by atoms with van der Waals surface area (Å²) in [4.78, 5) is 15.6. The predicted molar refractivity (Wildman–Crippen MR) is 103 cm³/mol. The molecule has 25 heavy (non-hydrogen) atoms. The van der Waals surface area contributed by atoms with Crippen molar-refractivity contribution < 1.29 is 14.6 Å². The Morgan fingerprint density at radius 1 is 1.36 bits per heavy atom. The van der Waals surface area contributed by atoms with Crippen molar-refractivity contribution >= 4 is 30.8 Å². The Kier molecular flexibility index (Phi) is 13.0. The number of carboxylic acids is 1. The smallest absolute Gasteiger partial charge is 0.333 e. The van der Waals surface area contributed by atoms with E-state index in [-0.39, 0.29) is 24.8 Å². The molecule has 0 aromatic carbocycles. The molecule has 146 valence electrons. The van der Waals surface area contributed by atoms with Gasteiger partial charge in [-0.25, -0.2) is 9.78 Å². The quantitative estimate of drug-likeness (QED) is 0.594. The van der Waals surface area contributed by atoms with Crippen LogP contribution in [0.1, 0.15) is 50.6 Å². The van der Waals surface area contributed by atoms with Gasteiger partial charge in [-0.1, -0.05) is 32.1 Å². The summed E-state index contributed by atoms with van der Waals surface area (Å²) in [6.07, 6.45) is 11.9. The lowest BCUT2D eigenvalue weighted by atomic mass is 9.87. The fourth-order valence-corrected chi connectivity index (χ4v) is 3.16. The van der Waals surface area contributed by atoms with Gasteiger partial charge in [0.15, 0.2) is 6.10 Å². The molecular weight excluding hydrogens is 365 g/mol. The number of carboxylic acid groups (broad SMARTS) is 1. The number of imidazole rings is 1. The number of aryl methyl sites for hydroxylation is 1. The first kappa shape index (κ1) is 24.2. The first-order valence-electron chi connectivity index (χ1n) is 8.74. The molecule has 1 fully saturated rings. The molecule has 2 rings (SSSR count). The molecule has 0 spiro atoms. The number of nitrogens with two attached hydrogens (primary N) is 1. The molecule has 1 heterocycles. The topological polar surface area (TPSA) is 90.4 Å². The molecule has 1 aromatic rings. The van der Waals surface area contributed by atoms with Gasteiger partial charge in [0.1, 0.15) is 0 Å². The summed E-state index contributed by atoms with van der Waals surface area (Å²) < 4.78 is 7.46. The Labute approximate surface area is 162 Å². The van der Waals surface area contributed by atoms with Crippen molar-refractivity contribution in [1.82, 2.24) is 9.55 Å². The zero-order chi connectivity index (χ0) is 16.5. The molecular formula is C17H31Cl2N3O3. The SMILES string of the molecule is Cl.Cl.NCCCO[C@H](Cc1cn(CCC2CCCCC2)cn1)C(=O)O. The molecule has 1 aliphatic carbocycles. The molecule has 0 radical (unpaired) electrons. The molecule has 0 saturated heterocycles. The van der Waals surface area contributed by atoms with Gasteiger partial charge in [0.05, 0.1) is 12.0 Å². The maximum absolute atomic E-state index is 11.2. The highest BCUT2D eigenvalue weighted by Crippen LogP contribution is 2.26. The lowest BCUT2D eigenvalue weighted by molar-refractivity contribution is -0.150. The number of aromatic nitrogens is 2. The summed E-state index contributed by atoms with van der Waals surface area (Å²) in [5, 5.41) is 9.22. The first-order valence-corrected chi connectivity index (χ1v) is 8.74. The maximum atomic E-state index is 11.2. The molecule has 8 heteroatoms. The van der Waals surface area contributed by atoms with E-state index >= 15 is 0 Å². The van der Waals surface area contributed by atoms with Gasteiger partial charge in [0.2, 0.25) is 0 Å². The van der Waals surface area contributed by atoms with Gasteiger partial charge in [0, 0.05) is 25.8 Å². The second-order valence-corrected chi connectivity index (χ2v) is 6.44. The van der Waals surface area contributed by atoms with E-state index < -0.39 is 12.1 Å². The summed E-state index contributed by atoms with van der Waals surface area (Å²) in [6, 6.07) is 0. The first-order chi connectivity index (χ1) is 11.2. The molecule has 6 nitrogen and oxygen atoms in total. The Bertz CT molecular complexity index is 479. The van der Waals surface area contributed by atoms with Gasteiger partial charge in [-0.3, -0.25) is 0 Å². The highest BCUT2D eigenvalue weighted by atomic mass is 35.5. The Balaban J connectivity index is 0.00000288. The Hall–Kier alpha value is -0.820. The molecule has 1 atom stereocenters. The highest BCUT2D eigenvalue weighted by Gasteiger charge is 2.20. The molecule has 1 aromatic heterocycles. The van der Waals surface area contributed by atoms with E-state index in [0.717, 1.165) is 18.2 Å². The molecule has 3 N–H and O–H groups in total. The zero-order valence-electron chi connectivity index (χ0n) is 14.6. The highest BCUT2D eigenvalue weighted by molar-refractivity contribution is 5.85. The largest absolute Gasteiger partial charge is 0.479 e. The minimum absolute atomic E-state index is 0. The van der Waals surface area contributed by atoms with Crippen LogP contribution in [0.25, 0.3) is 0 Å². The molecule has 1 saturated carbocycles. The van der Waals surface area contributed by atoms with Crippen molar-refractivity contribution in [2.75, 3.05) is 13.2 Å². The van der Waals surface area contributed by atoms with Crippen LogP contribution in [-0.2, 0) is 22.5 Å². The minimum atomic E-state index is -0.946. The number of aliphatic carboxylic acids is 1. The van der Waals surface area contributed by atoms with Gasteiger partial charge in [-0.05, 0) is 25.3 Å². The fraction of sp³-hybridized carbons (Fsp3) is 0.765. The lowest BCUT2D eigenvalue weighted by Crippen LogP contribution is -2.27. The number of halogens is 2. The third-order valence-corrected chi connectivity index (χ3v) is 4.54. The van der Waals surface area contributed by atoms with Crippen molar-refractivity contribution in [3.05, 3.63) is 18.2 Å². The van der Waals surface area contributed by atoms with E-state index in [9.17, 15) is 9.90 Å². The lowest BCUT2D eigenvalue weighted by Gasteiger charge is -2.21. The second kappa shape index (κ2) is 13.4. The Morgan fingerprint density at radius 2 is 2.08 bits per heavy atom. The van der Waals surface area contributed by atoms with Gasteiger partial charge >= 0.3 is 5.97 Å². The molecule has 0 amide bonds. The molecule has 0 unspecified atom stereocenters. The van der Waals surface area contributed by atoms with Crippen LogP contribution >= 0.6 is 24.8 Å². The van der Waals surface area contributed by atoms with Gasteiger partial charge in [-0.2, -0.15) is 0 Å². The van der Waals surface area contributed by atoms with Crippen LogP contribution in [0.3, 0.4) is 0 Å². The minimum Gasteiger partial charge on any atom is -0.479 e. The van der Waals surface area contributed by atoms with Crippen LogP contribution in [0, 0.1) is 5.92 Å². The van der Waals surface area contributed by atoms with Crippen LogP contribution in [0.15, 0.2) is 12.5 Å². The number of nitrogens with zero attached hydrogens (tertiary/aromatic N) is 2. The number of hydrogen-bond donors (Lipinski definition) is 2. The van der Waals surface area contributed by atoms with Crippen LogP contribution in [0.4, 0.5) is 0 Å².